The first-order chi connectivity index (χ1) is 9.06. The summed E-state index contributed by atoms with van der Waals surface area (Å²) in [4.78, 5) is 0. The molecule has 98 valence electrons. The maximum atomic E-state index is 7.36. The number of nitrogens with two attached hydrogens (primary N) is 1. The molecule has 0 unspecified atom stereocenters. The Bertz CT molecular complexity index is 594. The van der Waals surface area contributed by atoms with Gasteiger partial charge in [-0.05, 0) is 30.7 Å². The molecule has 0 fully saturated rings. The number of benzene rings is 2. The zero-order valence-electron chi connectivity index (χ0n) is 10.6. The summed E-state index contributed by atoms with van der Waals surface area (Å²) in [6, 6.07) is 13.3. The van der Waals surface area contributed by atoms with Crippen LogP contribution in [0.5, 0.6) is 5.75 Å². The molecule has 0 aliphatic rings. The molecule has 2 aromatic rings. The highest BCUT2D eigenvalue weighted by Crippen LogP contribution is 2.23. The predicted molar refractivity (Wildman–Crippen MR) is 78.0 cm³/mol. The van der Waals surface area contributed by atoms with Crippen LogP contribution in [-0.4, -0.2) is 5.84 Å². The Morgan fingerprint density at radius 1 is 1.21 bits per heavy atom. The van der Waals surface area contributed by atoms with Gasteiger partial charge in [-0.25, -0.2) is 0 Å². The van der Waals surface area contributed by atoms with Gasteiger partial charge in [-0.15, -0.1) is 0 Å². The molecule has 0 atom stereocenters. The highest BCUT2D eigenvalue weighted by Gasteiger charge is 2.05. The minimum atomic E-state index is -0.0462. The molecule has 0 radical (unpaired) electrons. The molecule has 0 amide bonds. The van der Waals surface area contributed by atoms with Crippen LogP contribution >= 0.6 is 11.6 Å². The molecule has 3 nitrogen and oxygen atoms in total. The zero-order chi connectivity index (χ0) is 13.8. The van der Waals surface area contributed by atoms with Crippen LogP contribution in [0.25, 0.3) is 0 Å². The quantitative estimate of drug-likeness (QED) is 0.662. The van der Waals surface area contributed by atoms with E-state index in [-0.39, 0.29) is 5.84 Å². The maximum Gasteiger partial charge on any atom is 0.124 e. The second kappa shape index (κ2) is 5.76. The highest BCUT2D eigenvalue weighted by molar-refractivity contribution is 6.34. The third kappa shape index (κ3) is 3.48. The molecule has 19 heavy (non-hydrogen) atoms. The van der Waals surface area contributed by atoms with Crippen LogP contribution in [0, 0.1) is 12.3 Å². The number of hydrogen-bond donors (Lipinski definition) is 2. The smallest absolute Gasteiger partial charge is 0.124 e. The van der Waals surface area contributed by atoms with Crippen molar-refractivity contribution in [3.63, 3.8) is 0 Å². The van der Waals surface area contributed by atoms with Crippen molar-refractivity contribution >= 4 is 17.4 Å². The van der Waals surface area contributed by atoms with Crippen molar-refractivity contribution in [2.75, 3.05) is 0 Å². The number of hydrogen-bond acceptors (Lipinski definition) is 2. The summed E-state index contributed by atoms with van der Waals surface area (Å²) in [6.45, 7) is 2.53. The molecule has 0 heterocycles. The normalized spacial score (nSPS) is 10.2. The van der Waals surface area contributed by atoms with E-state index in [1.54, 1.807) is 18.2 Å². The molecule has 0 aliphatic carbocycles. The van der Waals surface area contributed by atoms with E-state index in [1.807, 2.05) is 31.2 Å². The minimum Gasteiger partial charge on any atom is -0.489 e. The van der Waals surface area contributed by atoms with Gasteiger partial charge in [0.2, 0.25) is 0 Å². The van der Waals surface area contributed by atoms with Gasteiger partial charge >= 0.3 is 0 Å². The predicted octanol–water partition coefficient (Wildman–Crippen LogP) is 3.51. The van der Waals surface area contributed by atoms with Crippen LogP contribution in [0.15, 0.2) is 42.5 Å². The van der Waals surface area contributed by atoms with E-state index >= 15 is 0 Å². The molecular formula is C15H15ClN2O. The lowest BCUT2D eigenvalue weighted by molar-refractivity contribution is 0.306. The van der Waals surface area contributed by atoms with Crippen LogP contribution in [0.2, 0.25) is 5.02 Å². The lowest BCUT2D eigenvalue weighted by Gasteiger charge is -2.09. The maximum absolute atomic E-state index is 7.36. The number of nitrogen functional groups attached to an aromatic ring is 1. The van der Waals surface area contributed by atoms with Crippen LogP contribution < -0.4 is 10.5 Å². The van der Waals surface area contributed by atoms with E-state index in [0.717, 1.165) is 5.56 Å². The summed E-state index contributed by atoms with van der Waals surface area (Å²) in [5.41, 5.74) is 8.23. The van der Waals surface area contributed by atoms with Gasteiger partial charge in [0.15, 0.2) is 0 Å². The number of ether oxygens (including phenoxy) is 1. The van der Waals surface area contributed by atoms with Gasteiger partial charge in [-0.1, -0.05) is 41.4 Å². The van der Waals surface area contributed by atoms with Gasteiger partial charge in [0.1, 0.15) is 18.2 Å². The second-order valence-corrected chi connectivity index (χ2v) is 4.74. The number of amidine groups is 1. The largest absolute Gasteiger partial charge is 0.489 e. The average Bonchev–Trinajstić information content (AvgIpc) is 2.37. The first-order valence-electron chi connectivity index (χ1n) is 5.88. The Labute approximate surface area is 117 Å². The molecule has 2 aromatic carbocycles. The summed E-state index contributed by atoms with van der Waals surface area (Å²) in [5, 5.41) is 7.78. The standard InChI is InChI=1S/C15H15ClN2O/c1-10-2-4-11(5-3-10)9-19-12-6-7-13(15(17)18)14(16)8-12/h2-8H,9H2,1H3,(H3,17,18). The number of aryl methyl sites for hydroxylation is 1. The minimum absolute atomic E-state index is 0.0462. The Morgan fingerprint density at radius 3 is 2.47 bits per heavy atom. The van der Waals surface area contributed by atoms with E-state index in [0.29, 0.717) is 22.9 Å². The zero-order valence-corrected chi connectivity index (χ0v) is 11.4. The summed E-state index contributed by atoms with van der Waals surface area (Å²) in [5.74, 6) is 0.616. The number of halogens is 1. The summed E-state index contributed by atoms with van der Waals surface area (Å²) >= 11 is 6.03. The van der Waals surface area contributed by atoms with Crippen LogP contribution in [0.3, 0.4) is 0 Å². The van der Waals surface area contributed by atoms with E-state index in [9.17, 15) is 0 Å². The Kier molecular flexibility index (Phi) is 4.07. The van der Waals surface area contributed by atoms with Crippen LogP contribution in [-0.2, 0) is 6.61 Å². The molecule has 0 saturated carbocycles. The van der Waals surface area contributed by atoms with E-state index in [2.05, 4.69) is 0 Å². The molecule has 2 rings (SSSR count). The van der Waals surface area contributed by atoms with Crippen molar-refractivity contribution in [1.82, 2.24) is 0 Å². The van der Waals surface area contributed by atoms with Crippen molar-refractivity contribution in [3.05, 3.63) is 64.2 Å². The van der Waals surface area contributed by atoms with Crippen molar-refractivity contribution in [2.24, 2.45) is 5.73 Å². The first-order valence-corrected chi connectivity index (χ1v) is 6.26. The van der Waals surface area contributed by atoms with Crippen LogP contribution in [0.1, 0.15) is 16.7 Å². The fourth-order valence-corrected chi connectivity index (χ4v) is 1.93. The van der Waals surface area contributed by atoms with Crippen molar-refractivity contribution in [3.8, 4) is 5.75 Å². The molecule has 3 N–H and O–H groups in total. The molecular weight excluding hydrogens is 260 g/mol. The molecule has 0 saturated heterocycles. The molecule has 4 heteroatoms. The lowest BCUT2D eigenvalue weighted by atomic mass is 10.1. The number of nitrogens with one attached hydrogen (secondary N) is 1. The van der Waals surface area contributed by atoms with Gasteiger partial charge < -0.3 is 10.5 Å². The average molecular weight is 275 g/mol. The van der Waals surface area contributed by atoms with E-state index in [4.69, 9.17) is 27.5 Å². The summed E-state index contributed by atoms with van der Waals surface area (Å²) in [6.07, 6.45) is 0. The molecule has 0 bridgehead atoms. The first kappa shape index (κ1) is 13.4. The third-order valence-electron chi connectivity index (χ3n) is 2.76. The molecule has 0 spiro atoms. The fraction of sp³-hybridized carbons (Fsp3) is 0.133. The van der Waals surface area contributed by atoms with Crippen molar-refractivity contribution in [1.29, 1.82) is 5.41 Å². The van der Waals surface area contributed by atoms with E-state index < -0.39 is 0 Å². The third-order valence-corrected chi connectivity index (χ3v) is 3.07. The van der Waals surface area contributed by atoms with Gasteiger partial charge in [0, 0.05) is 5.56 Å². The van der Waals surface area contributed by atoms with Gasteiger partial charge in [-0.3, -0.25) is 5.41 Å². The summed E-state index contributed by atoms with van der Waals surface area (Å²) < 4.78 is 5.65. The lowest BCUT2D eigenvalue weighted by Crippen LogP contribution is -2.11. The molecule has 0 aromatic heterocycles. The van der Waals surface area contributed by atoms with Gasteiger partial charge in [0.25, 0.3) is 0 Å². The van der Waals surface area contributed by atoms with Crippen LogP contribution in [0.4, 0.5) is 0 Å². The highest BCUT2D eigenvalue weighted by atomic mass is 35.5. The Morgan fingerprint density at radius 2 is 1.89 bits per heavy atom. The second-order valence-electron chi connectivity index (χ2n) is 4.33. The van der Waals surface area contributed by atoms with E-state index in [1.165, 1.54) is 5.56 Å². The molecule has 0 aliphatic heterocycles. The van der Waals surface area contributed by atoms with Gasteiger partial charge in [-0.2, -0.15) is 0 Å². The van der Waals surface area contributed by atoms with Crippen molar-refractivity contribution in [2.45, 2.75) is 13.5 Å². The fourth-order valence-electron chi connectivity index (χ4n) is 1.66. The Hall–Kier alpha value is -2.00. The number of rotatable bonds is 4. The Balaban J connectivity index is 2.06. The summed E-state index contributed by atoms with van der Waals surface area (Å²) in [7, 11) is 0. The van der Waals surface area contributed by atoms with Gasteiger partial charge in [0.05, 0.1) is 5.02 Å². The van der Waals surface area contributed by atoms with Crippen molar-refractivity contribution < 1.29 is 4.74 Å². The topological polar surface area (TPSA) is 59.1 Å². The SMILES string of the molecule is Cc1ccc(COc2ccc(C(=N)N)c(Cl)c2)cc1. The monoisotopic (exact) mass is 274 g/mol.